The number of alkyl halides is 2. The van der Waals surface area contributed by atoms with Gasteiger partial charge in [-0.1, -0.05) is 37.5 Å². The van der Waals surface area contributed by atoms with Crippen molar-refractivity contribution in [3.8, 4) is 0 Å². The second-order valence-corrected chi connectivity index (χ2v) is 5.97. The summed E-state index contributed by atoms with van der Waals surface area (Å²) in [6, 6.07) is 6.47. The van der Waals surface area contributed by atoms with Gasteiger partial charge in [0.05, 0.1) is 5.56 Å². The Hall–Kier alpha value is -1.98. The number of carboxylic acids is 1. The van der Waals surface area contributed by atoms with E-state index in [1.165, 1.54) is 6.07 Å². The fourth-order valence-corrected chi connectivity index (χ4v) is 3.01. The summed E-state index contributed by atoms with van der Waals surface area (Å²) >= 11 is 0. The molecule has 0 spiro atoms. The molecule has 1 N–H and O–H groups in total. The molecule has 2 rings (SSSR count). The van der Waals surface area contributed by atoms with Gasteiger partial charge in [-0.2, -0.15) is 8.78 Å². The lowest BCUT2D eigenvalue weighted by Gasteiger charge is -2.33. The molecule has 1 saturated carbocycles. The van der Waals surface area contributed by atoms with Gasteiger partial charge in [-0.3, -0.25) is 0 Å². The van der Waals surface area contributed by atoms with E-state index in [2.05, 4.69) is 0 Å². The summed E-state index contributed by atoms with van der Waals surface area (Å²) in [5.74, 6) is -7.89. The van der Waals surface area contributed by atoms with Crippen LogP contribution in [0.5, 0.6) is 0 Å². The van der Waals surface area contributed by atoms with E-state index in [1.54, 1.807) is 25.1 Å². The predicted octanol–water partition coefficient (Wildman–Crippen LogP) is 3.82. The Bertz CT molecular complexity index is 580. The average Bonchev–Trinajstić information content (AvgIpc) is 2.53. The molecule has 0 bridgehead atoms. The van der Waals surface area contributed by atoms with Gasteiger partial charge in [0.15, 0.2) is 6.10 Å². The van der Waals surface area contributed by atoms with Crippen molar-refractivity contribution in [3.63, 3.8) is 0 Å². The monoisotopic (exact) mass is 326 g/mol. The van der Waals surface area contributed by atoms with Crippen LogP contribution in [-0.4, -0.2) is 29.1 Å². The van der Waals surface area contributed by atoms with Crippen molar-refractivity contribution in [1.29, 1.82) is 0 Å². The van der Waals surface area contributed by atoms with Gasteiger partial charge >= 0.3 is 17.9 Å². The summed E-state index contributed by atoms with van der Waals surface area (Å²) in [6.07, 6.45) is 1.33. The standard InChI is InChI=1S/C17H20F2O4/c1-11-7-5-6-10-13(11)15(20)23-14(17(18,19)16(21)22)12-8-3-2-4-9-12/h5-7,10,12,14H,2-4,8-9H2,1H3,(H,21,22). The van der Waals surface area contributed by atoms with Gasteiger partial charge < -0.3 is 9.84 Å². The lowest BCUT2D eigenvalue weighted by atomic mass is 9.83. The summed E-state index contributed by atoms with van der Waals surface area (Å²) in [6.45, 7) is 1.67. The van der Waals surface area contributed by atoms with Crippen LogP contribution in [0.2, 0.25) is 0 Å². The van der Waals surface area contributed by atoms with Crippen LogP contribution in [0.4, 0.5) is 8.78 Å². The van der Waals surface area contributed by atoms with Gasteiger partial charge in [0.25, 0.3) is 0 Å². The van der Waals surface area contributed by atoms with Crippen LogP contribution < -0.4 is 0 Å². The highest BCUT2D eigenvalue weighted by Crippen LogP contribution is 2.36. The maximum absolute atomic E-state index is 14.1. The molecule has 4 nitrogen and oxygen atoms in total. The zero-order chi connectivity index (χ0) is 17.0. The Morgan fingerprint density at radius 1 is 1.22 bits per heavy atom. The highest BCUT2D eigenvalue weighted by atomic mass is 19.3. The van der Waals surface area contributed by atoms with Gasteiger partial charge in [0, 0.05) is 5.92 Å². The molecule has 1 aliphatic carbocycles. The Morgan fingerprint density at radius 2 is 1.83 bits per heavy atom. The largest absolute Gasteiger partial charge is 0.477 e. The molecule has 6 heteroatoms. The van der Waals surface area contributed by atoms with Crippen LogP contribution in [0.3, 0.4) is 0 Å². The van der Waals surface area contributed by atoms with Crippen molar-refractivity contribution >= 4 is 11.9 Å². The number of carbonyl (C=O) groups is 2. The maximum Gasteiger partial charge on any atom is 0.378 e. The molecule has 1 aliphatic rings. The highest BCUT2D eigenvalue weighted by molar-refractivity contribution is 5.91. The molecule has 126 valence electrons. The molecule has 0 radical (unpaired) electrons. The summed E-state index contributed by atoms with van der Waals surface area (Å²) < 4.78 is 33.2. The summed E-state index contributed by atoms with van der Waals surface area (Å²) in [4.78, 5) is 23.2. The normalized spacial score (nSPS) is 17.5. The van der Waals surface area contributed by atoms with Gasteiger partial charge in [-0.15, -0.1) is 0 Å². The number of esters is 1. The van der Waals surface area contributed by atoms with Crippen LogP contribution in [0, 0.1) is 12.8 Å². The smallest absolute Gasteiger partial charge is 0.378 e. The minimum Gasteiger partial charge on any atom is -0.477 e. The van der Waals surface area contributed by atoms with Crippen molar-refractivity contribution in [2.75, 3.05) is 0 Å². The van der Waals surface area contributed by atoms with Crippen LogP contribution in [0.25, 0.3) is 0 Å². The molecule has 1 unspecified atom stereocenters. The fraction of sp³-hybridized carbons (Fsp3) is 0.529. The molecule has 1 aromatic rings. The van der Waals surface area contributed by atoms with Gasteiger partial charge in [0.2, 0.25) is 0 Å². The molecule has 0 aliphatic heterocycles. The summed E-state index contributed by atoms with van der Waals surface area (Å²) in [7, 11) is 0. The van der Waals surface area contributed by atoms with E-state index >= 15 is 0 Å². The number of hydrogen-bond donors (Lipinski definition) is 1. The Labute approximate surface area is 133 Å². The van der Waals surface area contributed by atoms with Crippen molar-refractivity contribution in [1.82, 2.24) is 0 Å². The second kappa shape index (κ2) is 7.06. The third-order valence-corrected chi connectivity index (χ3v) is 4.32. The number of carboxylic acid groups (broad SMARTS) is 1. The van der Waals surface area contributed by atoms with Crippen molar-refractivity contribution < 1.29 is 28.2 Å². The molecule has 0 amide bonds. The van der Waals surface area contributed by atoms with Crippen molar-refractivity contribution in [3.05, 3.63) is 35.4 Å². The minimum absolute atomic E-state index is 0.175. The minimum atomic E-state index is -4.10. The predicted molar refractivity (Wildman–Crippen MR) is 79.5 cm³/mol. The summed E-state index contributed by atoms with van der Waals surface area (Å²) in [5.41, 5.74) is 0.771. The Balaban J connectivity index is 2.25. The zero-order valence-corrected chi connectivity index (χ0v) is 12.9. The number of hydrogen-bond acceptors (Lipinski definition) is 3. The maximum atomic E-state index is 14.1. The lowest BCUT2D eigenvalue weighted by Crippen LogP contribution is -2.49. The Kier molecular flexibility index (Phi) is 5.34. The van der Waals surface area contributed by atoms with E-state index in [-0.39, 0.29) is 5.56 Å². The highest BCUT2D eigenvalue weighted by Gasteiger charge is 2.53. The van der Waals surface area contributed by atoms with Gasteiger partial charge in [-0.25, -0.2) is 9.59 Å². The first-order valence-corrected chi connectivity index (χ1v) is 7.72. The number of rotatable bonds is 5. The van der Waals surface area contributed by atoms with E-state index in [0.717, 1.165) is 19.3 Å². The summed E-state index contributed by atoms with van der Waals surface area (Å²) in [5, 5.41) is 8.84. The first-order valence-electron chi connectivity index (χ1n) is 7.72. The number of ether oxygens (including phenoxy) is 1. The van der Waals surface area contributed by atoms with Gasteiger partial charge in [-0.05, 0) is 31.4 Å². The quantitative estimate of drug-likeness (QED) is 0.836. The zero-order valence-electron chi connectivity index (χ0n) is 12.9. The number of aliphatic carboxylic acids is 1. The number of halogens is 2. The van der Waals surface area contributed by atoms with Crippen LogP contribution in [0.15, 0.2) is 24.3 Å². The number of aryl methyl sites for hydroxylation is 1. The molecule has 0 saturated heterocycles. The molecular formula is C17H20F2O4. The van der Waals surface area contributed by atoms with E-state index in [4.69, 9.17) is 9.84 Å². The molecule has 23 heavy (non-hydrogen) atoms. The van der Waals surface area contributed by atoms with E-state index in [1.807, 2.05) is 0 Å². The third kappa shape index (κ3) is 3.86. The molecule has 0 heterocycles. The number of carbonyl (C=O) groups excluding carboxylic acids is 1. The van der Waals surface area contributed by atoms with Crippen molar-refractivity contribution in [2.45, 2.75) is 51.1 Å². The van der Waals surface area contributed by atoms with E-state index in [9.17, 15) is 18.4 Å². The Morgan fingerprint density at radius 3 is 2.39 bits per heavy atom. The van der Waals surface area contributed by atoms with E-state index < -0.39 is 29.9 Å². The first-order chi connectivity index (χ1) is 10.8. The third-order valence-electron chi connectivity index (χ3n) is 4.32. The molecule has 0 aromatic heterocycles. The van der Waals surface area contributed by atoms with Crippen LogP contribution in [0.1, 0.15) is 48.0 Å². The SMILES string of the molecule is Cc1ccccc1C(=O)OC(C1CCCCC1)C(F)(F)C(=O)O. The van der Waals surface area contributed by atoms with E-state index in [0.29, 0.717) is 18.4 Å². The topological polar surface area (TPSA) is 63.6 Å². The van der Waals surface area contributed by atoms with Gasteiger partial charge in [0.1, 0.15) is 0 Å². The van der Waals surface area contributed by atoms with Crippen LogP contribution >= 0.6 is 0 Å². The second-order valence-electron chi connectivity index (χ2n) is 5.97. The first kappa shape index (κ1) is 17.4. The fourth-order valence-electron chi connectivity index (χ4n) is 3.01. The molecular weight excluding hydrogens is 306 g/mol. The lowest BCUT2D eigenvalue weighted by molar-refractivity contribution is -0.189. The molecule has 1 fully saturated rings. The average molecular weight is 326 g/mol. The molecule has 1 atom stereocenters. The van der Waals surface area contributed by atoms with Crippen LogP contribution in [-0.2, 0) is 9.53 Å². The number of benzene rings is 1. The molecule has 1 aromatic carbocycles. The van der Waals surface area contributed by atoms with Crippen molar-refractivity contribution in [2.24, 2.45) is 5.92 Å².